The third-order valence-corrected chi connectivity index (χ3v) is 6.27. The molecule has 2 aromatic rings. The molecule has 0 radical (unpaired) electrons. The Kier molecular flexibility index (Phi) is 5.66. The average molecular weight is 486 g/mol. The van der Waals surface area contributed by atoms with E-state index >= 15 is 0 Å². The summed E-state index contributed by atoms with van der Waals surface area (Å²) in [6, 6.07) is 6.25. The van der Waals surface area contributed by atoms with Crippen LogP contribution in [0.3, 0.4) is 0 Å². The summed E-state index contributed by atoms with van der Waals surface area (Å²) < 4.78 is 84.7. The van der Waals surface area contributed by atoms with Crippen LogP contribution in [0, 0.1) is 19.3 Å². The van der Waals surface area contributed by atoms with Crippen LogP contribution in [-0.4, -0.2) is 31.1 Å². The number of hydrogen-bond acceptors (Lipinski definition) is 3. The van der Waals surface area contributed by atoms with Gasteiger partial charge in [-0.25, -0.2) is 0 Å². The fourth-order valence-electron chi connectivity index (χ4n) is 4.63. The van der Waals surface area contributed by atoms with Gasteiger partial charge in [0.2, 0.25) is 5.91 Å². The zero-order valence-corrected chi connectivity index (χ0v) is 18.1. The average Bonchev–Trinajstić information content (AvgIpc) is 3.26. The number of rotatable bonds is 3. The van der Waals surface area contributed by atoms with E-state index in [4.69, 9.17) is 4.74 Å². The van der Waals surface area contributed by atoms with E-state index in [2.05, 4.69) is 5.32 Å². The summed E-state index contributed by atoms with van der Waals surface area (Å²) in [6.45, 7) is 3.52. The van der Waals surface area contributed by atoms with Crippen LogP contribution < -0.4 is 10.2 Å². The first-order valence-corrected chi connectivity index (χ1v) is 10.3. The molecule has 2 fully saturated rings. The minimum absolute atomic E-state index is 0.0167. The maximum absolute atomic E-state index is 13.3. The highest BCUT2D eigenvalue weighted by atomic mass is 19.4. The minimum atomic E-state index is -5.06. The molecule has 0 spiro atoms. The van der Waals surface area contributed by atoms with Crippen molar-refractivity contribution < 1.29 is 40.7 Å². The molecular formula is C23H20F6N2O3. The van der Waals surface area contributed by atoms with Crippen LogP contribution in [-0.2, 0) is 26.7 Å². The normalized spacial score (nSPS) is 22.8. The Morgan fingerprint density at radius 1 is 1.03 bits per heavy atom. The molecule has 0 bridgehead atoms. The van der Waals surface area contributed by atoms with Crippen molar-refractivity contribution in [1.29, 1.82) is 0 Å². The van der Waals surface area contributed by atoms with Crippen LogP contribution in [0.2, 0.25) is 0 Å². The molecule has 2 aliphatic rings. The zero-order valence-electron chi connectivity index (χ0n) is 18.1. The van der Waals surface area contributed by atoms with Gasteiger partial charge >= 0.3 is 12.4 Å². The lowest BCUT2D eigenvalue weighted by Crippen LogP contribution is -2.43. The Balaban J connectivity index is 1.70. The molecule has 2 aliphatic heterocycles. The standard InChI is InChI=1S/C23H20F6N2O3/c1-12-4-3-5-13(2)17(12)31-11-21(6-7-34-18(21)19(31)32)20(33)30-16-9-14(22(24,25)26)8-15(10-16)23(27,28)29/h3-5,8-10,18H,6-7,11H2,1-2H3,(H,30,33)/t18?,21-/m1/s1. The molecule has 34 heavy (non-hydrogen) atoms. The highest BCUT2D eigenvalue weighted by Gasteiger charge is 2.61. The summed E-state index contributed by atoms with van der Waals surface area (Å²) >= 11 is 0. The monoisotopic (exact) mass is 486 g/mol. The molecular weight excluding hydrogens is 466 g/mol. The van der Waals surface area contributed by atoms with Crippen LogP contribution >= 0.6 is 0 Å². The number of fused-ring (bicyclic) bond motifs is 1. The quantitative estimate of drug-likeness (QED) is 0.615. The summed E-state index contributed by atoms with van der Waals surface area (Å²) in [6.07, 6.45) is -11.2. The van der Waals surface area contributed by atoms with Crippen molar-refractivity contribution in [2.75, 3.05) is 23.4 Å². The number of aryl methyl sites for hydroxylation is 2. The van der Waals surface area contributed by atoms with Gasteiger partial charge in [0.25, 0.3) is 5.91 Å². The van der Waals surface area contributed by atoms with Crippen molar-refractivity contribution >= 4 is 23.2 Å². The topological polar surface area (TPSA) is 58.6 Å². The number of nitrogens with zero attached hydrogens (tertiary/aromatic N) is 1. The molecule has 5 nitrogen and oxygen atoms in total. The van der Waals surface area contributed by atoms with E-state index in [9.17, 15) is 35.9 Å². The number of para-hydroxylation sites is 1. The van der Waals surface area contributed by atoms with Gasteiger partial charge in [-0.1, -0.05) is 18.2 Å². The van der Waals surface area contributed by atoms with Gasteiger partial charge in [0, 0.05) is 24.5 Å². The maximum atomic E-state index is 13.3. The van der Waals surface area contributed by atoms with E-state index in [1.807, 2.05) is 0 Å². The molecule has 11 heteroatoms. The van der Waals surface area contributed by atoms with Crippen LogP contribution in [0.5, 0.6) is 0 Å². The Labute approximate surface area is 190 Å². The van der Waals surface area contributed by atoms with E-state index in [1.165, 1.54) is 4.90 Å². The van der Waals surface area contributed by atoms with Crippen molar-refractivity contribution in [1.82, 2.24) is 0 Å². The van der Waals surface area contributed by atoms with Gasteiger partial charge in [0.05, 0.1) is 11.1 Å². The van der Waals surface area contributed by atoms with Gasteiger partial charge < -0.3 is 15.0 Å². The fraction of sp³-hybridized carbons (Fsp3) is 0.391. The molecule has 2 atom stereocenters. The number of anilines is 2. The summed E-state index contributed by atoms with van der Waals surface area (Å²) in [5.74, 6) is -1.35. The third kappa shape index (κ3) is 4.02. The number of amides is 2. The zero-order chi connectivity index (χ0) is 25.1. The molecule has 0 aliphatic carbocycles. The second-order valence-corrected chi connectivity index (χ2v) is 8.57. The Morgan fingerprint density at radius 2 is 1.59 bits per heavy atom. The Hall–Kier alpha value is -3.08. The van der Waals surface area contributed by atoms with Crippen molar-refractivity contribution in [3.63, 3.8) is 0 Å². The molecule has 2 amide bonds. The van der Waals surface area contributed by atoms with Crippen LogP contribution in [0.4, 0.5) is 37.7 Å². The maximum Gasteiger partial charge on any atom is 0.416 e. The van der Waals surface area contributed by atoms with Crippen LogP contribution in [0.1, 0.15) is 28.7 Å². The second kappa shape index (κ2) is 8.00. The minimum Gasteiger partial charge on any atom is -0.367 e. The number of benzene rings is 2. The first kappa shape index (κ1) is 24.1. The summed E-state index contributed by atoms with van der Waals surface area (Å²) in [7, 11) is 0. The van der Waals surface area contributed by atoms with Gasteiger partial charge in [-0.05, 0) is 49.6 Å². The predicted molar refractivity (Wildman–Crippen MR) is 110 cm³/mol. The number of hydrogen-bond donors (Lipinski definition) is 1. The van der Waals surface area contributed by atoms with Crippen LogP contribution in [0.15, 0.2) is 36.4 Å². The molecule has 2 aromatic carbocycles. The van der Waals surface area contributed by atoms with Crippen molar-refractivity contribution in [2.24, 2.45) is 5.41 Å². The number of alkyl halides is 6. The van der Waals surface area contributed by atoms with E-state index in [-0.39, 0.29) is 25.6 Å². The SMILES string of the molecule is Cc1cccc(C)c1N1C[C@]2(C(=O)Nc3cc(C(F)(F)F)cc(C(F)(F)F)c3)CCOC2C1=O. The van der Waals surface area contributed by atoms with E-state index in [0.717, 1.165) is 11.1 Å². The van der Waals surface area contributed by atoms with E-state index < -0.39 is 52.5 Å². The van der Waals surface area contributed by atoms with Gasteiger partial charge in [-0.2, -0.15) is 26.3 Å². The number of ether oxygens (including phenoxy) is 1. The smallest absolute Gasteiger partial charge is 0.367 e. The fourth-order valence-corrected chi connectivity index (χ4v) is 4.63. The summed E-state index contributed by atoms with van der Waals surface area (Å²) in [5.41, 5.74) is -3.07. The van der Waals surface area contributed by atoms with Crippen molar-refractivity contribution in [2.45, 2.75) is 38.7 Å². The number of carbonyl (C=O) groups excluding carboxylic acids is 2. The molecule has 0 aromatic heterocycles. The van der Waals surface area contributed by atoms with Crippen molar-refractivity contribution in [3.05, 3.63) is 58.7 Å². The number of carbonyl (C=O) groups is 2. The number of nitrogens with one attached hydrogen (secondary N) is 1. The van der Waals surface area contributed by atoms with Crippen molar-refractivity contribution in [3.8, 4) is 0 Å². The Morgan fingerprint density at radius 3 is 2.12 bits per heavy atom. The molecule has 2 heterocycles. The van der Waals surface area contributed by atoms with E-state index in [1.54, 1.807) is 32.0 Å². The van der Waals surface area contributed by atoms with Gasteiger partial charge in [-0.3, -0.25) is 9.59 Å². The molecule has 1 unspecified atom stereocenters. The third-order valence-electron chi connectivity index (χ3n) is 6.27. The van der Waals surface area contributed by atoms with Gasteiger partial charge in [0.1, 0.15) is 5.41 Å². The lowest BCUT2D eigenvalue weighted by Gasteiger charge is -2.26. The molecule has 4 rings (SSSR count). The first-order chi connectivity index (χ1) is 15.7. The lowest BCUT2D eigenvalue weighted by molar-refractivity contribution is -0.143. The largest absolute Gasteiger partial charge is 0.416 e. The summed E-state index contributed by atoms with van der Waals surface area (Å²) in [5, 5.41) is 2.20. The Bertz CT molecular complexity index is 1110. The van der Waals surface area contributed by atoms with Gasteiger partial charge in [-0.15, -0.1) is 0 Å². The van der Waals surface area contributed by atoms with Gasteiger partial charge in [0.15, 0.2) is 6.10 Å². The molecule has 182 valence electrons. The highest BCUT2D eigenvalue weighted by molar-refractivity contribution is 6.09. The highest BCUT2D eigenvalue weighted by Crippen LogP contribution is 2.46. The van der Waals surface area contributed by atoms with E-state index in [0.29, 0.717) is 17.8 Å². The number of halogens is 6. The van der Waals surface area contributed by atoms with Crippen LogP contribution in [0.25, 0.3) is 0 Å². The summed E-state index contributed by atoms with van der Waals surface area (Å²) in [4.78, 5) is 27.9. The first-order valence-electron chi connectivity index (χ1n) is 10.3. The lowest BCUT2D eigenvalue weighted by atomic mass is 9.82. The predicted octanol–water partition coefficient (Wildman–Crippen LogP) is 5.10. The molecule has 1 N–H and O–H groups in total. The molecule has 0 saturated carbocycles. The molecule has 2 saturated heterocycles. The second-order valence-electron chi connectivity index (χ2n) is 8.57.